The standard InChI is InChI=1S/C18H17N3O4/c1-11(25-13-6-4-3-5-7-13)17(22)19-12-8-9-15-14(10-12)16(21-20-15)18(23)24-2/h3-11H,1-2H3,(H,19,22)(H,20,21)/t11-/m1/s1. The summed E-state index contributed by atoms with van der Waals surface area (Å²) in [5.74, 6) is -0.231. The first-order valence-corrected chi connectivity index (χ1v) is 7.67. The summed E-state index contributed by atoms with van der Waals surface area (Å²) in [6.07, 6.45) is -0.678. The van der Waals surface area contributed by atoms with Crippen LogP contribution in [0.3, 0.4) is 0 Å². The number of H-pyrrole nitrogens is 1. The van der Waals surface area contributed by atoms with Crippen molar-refractivity contribution in [3.8, 4) is 5.75 Å². The number of ether oxygens (including phenoxy) is 2. The lowest BCUT2D eigenvalue weighted by atomic mass is 10.2. The van der Waals surface area contributed by atoms with Gasteiger partial charge in [0.05, 0.1) is 12.6 Å². The molecule has 0 unspecified atom stereocenters. The topological polar surface area (TPSA) is 93.3 Å². The first kappa shape index (κ1) is 16.5. The summed E-state index contributed by atoms with van der Waals surface area (Å²) in [5.41, 5.74) is 1.38. The van der Waals surface area contributed by atoms with Crippen molar-refractivity contribution in [2.75, 3.05) is 12.4 Å². The number of carbonyl (C=O) groups is 2. The normalized spacial score (nSPS) is 11.8. The predicted molar refractivity (Wildman–Crippen MR) is 92.6 cm³/mol. The lowest BCUT2D eigenvalue weighted by Crippen LogP contribution is -2.30. The van der Waals surface area contributed by atoms with Gasteiger partial charge in [0.2, 0.25) is 0 Å². The number of fused-ring (bicyclic) bond motifs is 1. The summed E-state index contributed by atoms with van der Waals surface area (Å²) < 4.78 is 10.3. The van der Waals surface area contributed by atoms with E-state index < -0.39 is 12.1 Å². The molecule has 7 heteroatoms. The number of methoxy groups -OCH3 is 1. The average molecular weight is 339 g/mol. The van der Waals surface area contributed by atoms with E-state index >= 15 is 0 Å². The predicted octanol–water partition coefficient (Wildman–Crippen LogP) is 2.76. The molecule has 0 aliphatic carbocycles. The van der Waals surface area contributed by atoms with E-state index in [0.717, 1.165) is 0 Å². The summed E-state index contributed by atoms with van der Waals surface area (Å²) >= 11 is 0. The fraction of sp³-hybridized carbons (Fsp3) is 0.167. The Morgan fingerprint density at radius 2 is 1.92 bits per heavy atom. The second-order valence-corrected chi connectivity index (χ2v) is 5.39. The number of esters is 1. The number of amides is 1. The van der Waals surface area contributed by atoms with Crippen LogP contribution < -0.4 is 10.1 Å². The van der Waals surface area contributed by atoms with Crippen molar-refractivity contribution in [2.45, 2.75) is 13.0 Å². The first-order chi connectivity index (χ1) is 12.1. The molecule has 25 heavy (non-hydrogen) atoms. The molecule has 0 aliphatic rings. The Kier molecular flexibility index (Phi) is 4.65. The fourth-order valence-electron chi connectivity index (χ4n) is 2.34. The summed E-state index contributed by atoms with van der Waals surface area (Å²) in [6.45, 7) is 1.67. The largest absolute Gasteiger partial charge is 0.481 e. The number of aromatic nitrogens is 2. The third kappa shape index (κ3) is 3.60. The Balaban J connectivity index is 1.75. The average Bonchev–Trinajstić information content (AvgIpc) is 3.05. The van der Waals surface area contributed by atoms with Crippen molar-refractivity contribution in [1.82, 2.24) is 10.2 Å². The molecule has 0 spiro atoms. The molecular weight excluding hydrogens is 322 g/mol. The maximum atomic E-state index is 12.3. The molecule has 0 saturated carbocycles. The smallest absolute Gasteiger partial charge is 0.359 e. The second-order valence-electron chi connectivity index (χ2n) is 5.39. The van der Waals surface area contributed by atoms with Gasteiger partial charge in [-0.3, -0.25) is 9.89 Å². The minimum absolute atomic E-state index is 0.169. The van der Waals surface area contributed by atoms with Gasteiger partial charge in [-0.05, 0) is 37.3 Å². The third-order valence-corrected chi connectivity index (χ3v) is 3.63. The molecule has 1 atom stereocenters. The molecule has 0 fully saturated rings. The SMILES string of the molecule is COC(=O)c1n[nH]c2ccc(NC(=O)[C@@H](C)Oc3ccccc3)cc12. The molecule has 2 aromatic carbocycles. The Bertz CT molecular complexity index is 905. The summed E-state index contributed by atoms with van der Waals surface area (Å²) in [7, 11) is 1.29. The number of benzene rings is 2. The molecule has 0 aliphatic heterocycles. The number of aromatic amines is 1. The fourth-order valence-corrected chi connectivity index (χ4v) is 2.34. The highest BCUT2D eigenvalue weighted by molar-refractivity contribution is 6.04. The van der Waals surface area contributed by atoms with Gasteiger partial charge >= 0.3 is 5.97 Å². The van der Waals surface area contributed by atoms with Gasteiger partial charge in [-0.15, -0.1) is 0 Å². The second kappa shape index (κ2) is 7.04. The van der Waals surface area contributed by atoms with Crippen LogP contribution in [0.5, 0.6) is 5.75 Å². The number of anilines is 1. The van der Waals surface area contributed by atoms with E-state index in [1.807, 2.05) is 18.2 Å². The highest BCUT2D eigenvalue weighted by atomic mass is 16.5. The lowest BCUT2D eigenvalue weighted by Gasteiger charge is -2.14. The Morgan fingerprint density at radius 3 is 2.64 bits per heavy atom. The molecule has 1 amide bonds. The molecule has 3 rings (SSSR count). The highest BCUT2D eigenvalue weighted by Crippen LogP contribution is 2.21. The van der Waals surface area contributed by atoms with Gasteiger partial charge in [0.1, 0.15) is 5.75 Å². The molecule has 0 radical (unpaired) electrons. The van der Waals surface area contributed by atoms with Crippen LogP contribution in [0.15, 0.2) is 48.5 Å². The zero-order chi connectivity index (χ0) is 17.8. The van der Waals surface area contributed by atoms with Gasteiger partial charge in [0.15, 0.2) is 11.8 Å². The minimum atomic E-state index is -0.678. The summed E-state index contributed by atoms with van der Waals surface area (Å²) in [6, 6.07) is 14.2. The quantitative estimate of drug-likeness (QED) is 0.697. The number of nitrogens with zero attached hydrogens (tertiary/aromatic N) is 1. The van der Waals surface area contributed by atoms with Crippen LogP contribution in [-0.2, 0) is 9.53 Å². The van der Waals surface area contributed by atoms with E-state index in [2.05, 4.69) is 15.5 Å². The van der Waals surface area contributed by atoms with Crippen LogP contribution in [0.1, 0.15) is 17.4 Å². The summed E-state index contributed by atoms with van der Waals surface area (Å²) in [4.78, 5) is 24.0. The monoisotopic (exact) mass is 339 g/mol. The molecule has 1 aromatic heterocycles. The summed E-state index contributed by atoms with van der Waals surface area (Å²) in [5, 5.41) is 10.0. The van der Waals surface area contributed by atoms with Crippen molar-refractivity contribution in [1.29, 1.82) is 0 Å². The van der Waals surface area contributed by atoms with Crippen LogP contribution in [-0.4, -0.2) is 35.3 Å². The molecule has 7 nitrogen and oxygen atoms in total. The van der Waals surface area contributed by atoms with Crippen LogP contribution in [0.25, 0.3) is 10.9 Å². The van der Waals surface area contributed by atoms with Crippen LogP contribution in [0.2, 0.25) is 0 Å². The number of hydrogen-bond donors (Lipinski definition) is 2. The Hall–Kier alpha value is -3.35. The van der Waals surface area contributed by atoms with Gasteiger partial charge < -0.3 is 14.8 Å². The molecular formula is C18H17N3O4. The van der Waals surface area contributed by atoms with E-state index in [1.54, 1.807) is 37.3 Å². The van der Waals surface area contributed by atoms with Gasteiger partial charge in [-0.2, -0.15) is 5.10 Å². The molecule has 0 saturated heterocycles. The minimum Gasteiger partial charge on any atom is -0.481 e. The number of rotatable bonds is 5. The van der Waals surface area contributed by atoms with Gasteiger partial charge in [0.25, 0.3) is 5.91 Å². The van der Waals surface area contributed by atoms with E-state index in [9.17, 15) is 9.59 Å². The maximum Gasteiger partial charge on any atom is 0.359 e. The molecule has 3 aromatic rings. The number of para-hydroxylation sites is 1. The van der Waals surface area contributed by atoms with Gasteiger partial charge in [-0.1, -0.05) is 18.2 Å². The van der Waals surface area contributed by atoms with Crippen LogP contribution >= 0.6 is 0 Å². The molecule has 1 heterocycles. The first-order valence-electron chi connectivity index (χ1n) is 7.67. The number of hydrogen-bond acceptors (Lipinski definition) is 5. The van der Waals surface area contributed by atoms with E-state index in [1.165, 1.54) is 7.11 Å². The number of nitrogens with one attached hydrogen (secondary N) is 2. The zero-order valence-corrected chi connectivity index (χ0v) is 13.8. The van der Waals surface area contributed by atoms with Crippen molar-refractivity contribution in [3.05, 3.63) is 54.2 Å². The van der Waals surface area contributed by atoms with Crippen molar-refractivity contribution in [2.24, 2.45) is 0 Å². The van der Waals surface area contributed by atoms with Crippen molar-refractivity contribution < 1.29 is 19.1 Å². The molecule has 0 bridgehead atoms. The lowest BCUT2D eigenvalue weighted by molar-refractivity contribution is -0.122. The third-order valence-electron chi connectivity index (χ3n) is 3.63. The van der Waals surface area contributed by atoms with Crippen molar-refractivity contribution >= 4 is 28.5 Å². The molecule has 2 N–H and O–H groups in total. The van der Waals surface area contributed by atoms with Crippen LogP contribution in [0, 0.1) is 0 Å². The highest BCUT2D eigenvalue weighted by Gasteiger charge is 2.17. The number of carbonyl (C=O) groups excluding carboxylic acids is 2. The van der Waals surface area contributed by atoms with Gasteiger partial charge in [0, 0.05) is 11.1 Å². The Morgan fingerprint density at radius 1 is 1.16 bits per heavy atom. The maximum absolute atomic E-state index is 12.3. The van der Waals surface area contributed by atoms with Gasteiger partial charge in [-0.25, -0.2) is 4.79 Å². The van der Waals surface area contributed by atoms with Crippen molar-refractivity contribution in [3.63, 3.8) is 0 Å². The van der Waals surface area contributed by atoms with E-state index in [0.29, 0.717) is 22.3 Å². The Labute approximate surface area is 143 Å². The molecule has 128 valence electrons. The zero-order valence-electron chi connectivity index (χ0n) is 13.8. The van der Waals surface area contributed by atoms with E-state index in [4.69, 9.17) is 9.47 Å². The van der Waals surface area contributed by atoms with Crippen LogP contribution in [0.4, 0.5) is 5.69 Å². The van der Waals surface area contributed by atoms with E-state index in [-0.39, 0.29) is 11.6 Å².